The van der Waals surface area contributed by atoms with Gasteiger partial charge in [0.2, 0.25) is 5.95 Å². The summed E-state index contributed by atoms with van der Waals surface area (Å²) in [6.07, 6.45) is 0.882. The maximum atomic E-state index is 5.85. The Labute approximate surface area is 145 Å². The fourth-order valence-corrected chi connectivity index (χ4v) is 2.72. The van der Waals surface area contributed by atoms with E-state index in [0.29, 0.717) is 25.7 Å². The van der Waals surface area contributed by atoms with Crippen LogP contribution in [0.2, 0.25) is 0 Å². The van der Waals surface area contributed by atoms with E-state index >= 15 is 0 Å². The monoisotopic (exact) mass is 337 g/mol. The van der Waals surface area contributed by atoms with Crippen molar-refractivity contribution < 1.29 is 9.47 Å². The predicted molar refractivity (Wildman–Crippen MR) is 93.3 cm³/mol. The highest BCUT2D eigenvalue weighted by atomic mass is 16.5. The van der Waals surface area contributed by atoms with E-state index < -0.39 is 0 Å². The van der Waals surface area contributed by atoms with Crippen LogP contribution in [0, 0.1) is 6.92 Å². The topological polar surface area (TPSA) is 74.1 Å². The average molecular weight is 337 g/mol. The molecular formula is C18H19N5O2. The van der Waals surface area contributed by atoms with Crippen molar-refractivity contribution in [1.82, 2.24) is 20.2 Å². The van der Waals surface area contributed by atoms with Gasteiger partial charge in [0.05, 0.1) is 18.9 Å². The zero-order valence-corrected chi connectivity index (χ0v) is 14.0. The molecule has 0 bridgehead atoms. The number of para-hydroxylation sites is 1. The summed E-state index contributed by atoms with van der Waals surface area (Å²) in [6, 6.07) is 13.9. The second-order valence-electron chi connectivity index (χ2n) is 5.90. The molecule has 25 heavy (non-hydrogen) atoms. The van der Waals surface area contributed by atoms with Gasteiger partial charge in [-0.1, -0.05) is 34.9 Å². The molecule has 4 rings (SSSR count). The van der Waals surface area contributed by atoms with E-state index in [1.165, 1.54) is 5.56 Å². The summed E-state index contributed by atoms with van der Waals surface area (Å²) >= 11 is 0. The number of tetrazole rings is 1. The summed E-state index contributed by atoms with van der Waals surface area (Å²) in [7, 11) is 0. The van der Waals surface area contributed by atoms with Crippen LogP contribution in [-0.2, 0) is 6.54 Å². The Kier molecular flexibility index (Phi) is 4.20. The Morgan fingerprint density at radius 3 is 2.80 bits per heavy atom. The molecule has 2 aromatic carbocycles. The lowest BCUT2D eigenvalue weighted by atomic mass is 10.2. The first-order chi connectivity index (χ1) is 12.3. The Morgan fingerprint density at radius 2 is 1.92 bits per heavy atom. The zero-order chi connectivity index (χ0) is 17.1. The Morgan fingerprint density at radius 1 is 1.08 bits per heavy atom. The van der Waals surface area contributed by atoms with Gasteiger partial charge in [0, 0.05) is 18.5 Å². The third-order valence-corrected chi connectivity index (χ3v) is 4.04. The van der Waals surface area contributed by atoms with E-state index in [1.54, 1.807) is 4.68 Å². The normalized spacial score (nSPS) is 13.3. The van der Waals surface area contributed by atoms with E-state index in [2.05, 4.69) is 20.8 Å². The summed E-state index contributed by atoms with van der Waals surface area (Å²) in [5.41, 5.74) is 3.11. The van der Waals surface area contributed by atoms with E-state index in [9.17, 15) is 0 Å². The van der Waals surface area contributed by atoms with Gasteiger partial charge in [-0.15, -0.1) is 0 Å². The maximum absolute atomic E-state index is 5.85. The molecule has 0 saturated heterocycles. The molecule has 3 aromatic rings. The van der Waals surface area contributed by atoms with Crippen LogP contribution in [0.5, 0.6) is 11.5 Å². The molecular weight excluding hydrogens is 318 g/mol. The molecule has 0 amide bonds. The molecule has 1 aliphatic rings. The van der Waals surface area contributed by atoms with E-state index in [1.807, 2.05) is 49.4 Å². The smallest absolute Gasteiger partial charge is 0.248 e. The minimum atomic E-state index is 0.540. The second kappa shape index (κ2) is 6.80. The number of nitrogens with one attached hydrogen (secondary N) is 1. The zero-order valence-electron chi connectivity index (χ0n) is 14.0. The number of hydrogen-bond acceptors (Lipinski definition) is 6. The molecule has 128 valence electrons. The van der Waals surface area contributed by atoms with E-state index in [-0.39, 0.29) is 0 Å². The highest BCUT2D eigenvalue weighted by Crippen LogP contribution is 2.33. The van der Waals surface area contributed by atoms with Crippen molar-refractivity contribution >= 4 is 5.95 Å². The van der Waals surface area contributed by atoms with Crippen LogP contribution in [0.25, 0.3) is 5.69 Å². The predicted octanol–water partition coefficient (Wildman–Crippen LogP) is 2.74. The van der Waals surface area contributed by atoms with Crippen molar-refractivity contribution in [3.05, 3.63) is 53.6 Å². The van der Waals surface area contributed by atoms with Crippen LogP contribution in [0.15, 0.2) is 42.5 Å². The highest BCUT2D eigenvalue weighted by Gasteiger charge is 2.15. The Bertz CT molecular complexity index is 860. The lowest BCUT2D eigenvalue weighted by molar-refractivity contribution is 0.296. The summed E-state index contributed by atoms with van der Waals surface area (Å²) < 4.78 is 13.3. The molecule has 0 aliphatic carbocycles. The quantitative estimate of drug-likeness (QED) is 0.789. The molecule has 0 saturated carbocycles. The molecule has 1 N–H and O–H groups in total. The van der Waals surface area contributed by atoms with Crippen LogP contribution in [-0.4, -0.2) is 33.4 Å². The number of hydrogen-bond donors (Lipinski definition) is 1. The van der Waals surface area contributed by atoms with Gasteiger partial charge < -0.3 is 14.8 Å². The number of benzene rings is 2. The Balaban J connectivity index is 1.55. The van der Waals surface area contributed by atoms with Gasteiger partial charge >= 0.3 is 0 Å². The first-order valence-electron chi connectivity index (χ1n) is 8.28. The van der Waals surface area contributed by atoms with Gasteiger partial charge in [0.25, 0.3) is 0 Å². The van der Waals surface area contributed by atoms with Crippen molar-refractivity contribution in [3.8, 4) is 17.2 Å². The number of fused-ring (bicyclic) bond motifs is 1. The number of aryl methyl sites for hydroxylation is 1. The fraction of sp³-hybridized carbons (Fsp3) is 0.278. The van der Waals surface area contributed by atoms with Crippen molar-refractivity contribution in [1.29, 1.82) is 0 Å². The van der Waals surface area contributed by atoms with Crippen LogP contribution in [0.3, 0.4) is 0 Å². The van der Waals surface area contributed by atoms with Crippen molar-refractivity contribution in [3.63, 3.8) is 0 Å². The molecule has 7 heteroatoms. The summed E-state index contributed by atoms with van der Waals surface area (Å²) in [6.45, 7) is 3.92. The fourth-order valence-electron chi connectivity index (χ4n) is 2.72. The van der Waals surface area contributed by atoms with E-state index in [4.69, 9.17) is 9.47 Å². The lowest BCUT2D eigenvalue weighted by Crippen LogP contribution is -2.09. The maximum Gasteiger partial charge on any atom is 0.248 e. The van der Waals surface area contributed by atoms with Gasteiger partial charge in [-0.25, -0.2) is 0 Å². The standard InChI is InChI=1S/C18H19N5O2/c1-13-6-8-15(9-7-13)23-18(20-21-22-23)19-12-14-4-2-5-16-17(14)25-11-3-10-24-16/h2,4-9H,3,10-12H2,1H3,(H,19,20,22). The Hall–Kier alpha value is -3.09. The molecule has 1 aliphatic heterocycles. The molecule has 1 aromatic heterocycles. The lowest BCUT2D eigenvalue weighted by Gasteiger charge is -2.13. The number of ether oxygens (including phenoxy) is 2. The summed E-state index contributed by atoms with van der Waals surface area (Å²) in [5, 5.41) is 15.2. The minimum absolute atomic E-state index is 0.540. The molecule has 0 spiro atoms. The minimum Gasteiger partial charge on any atom is -0.490 e. The molecule has 0 atom stereocenters. The largest absolute Gasteiger partial charge is 0.490 e. The van der Waals surface area contributed by atoms with Gasteiger partial charge in [-0.05, 0) is 35.5 Å². The molecule has 0 fully saturated rings. The third kappa shape index (κ3) is 3.26. The van der Waals surface area contributed by atoms with Gasteiger partial charge in [-0.3, -0.25) is 0 Å². The average Bonchev–Trinajstić information content (AvgIpc) is 2.96. The van der Waals surface area contributed by atoms with Crippen molar-refractivity contribution in [2.45, 2.75) is 19.9 Å². The van der Waals surface area contributed by atoms with E-state index in [0.717, 1.165) is 29.2 Å². The van der Waals surface area contributed by atoms with Gasteiger partial charge in [-0.2, -0.15) is 4.68 Å². The second-order valence-corrected chi connectivity index (χ2v) is 5.90. The summed E-state index contributed by atoms with van der Waals surface area (Å²) in [4.78, 5) is 0. The van der Waals surface area contributed by atoms with Crippen LogP contribution in [0.1, 0.15) is 17.5 Å². The highest BCUT2D eigenvalue weighted by molar-refractivity contribution is 5.49. The number of nitrogens with zero attached hydrogens (tertiary/aromatic N) is 4. The molecule has 7 nitrogen and oxygen atoms in total. The van der Waals surface area contributed by atoms with Crippen LogP contribution < -0.4 is 14.8 Å². The van der Waals surface area contributed by atoms with Crippen LogP contribution in [0.4, 0.5) is 5.95 Å². The molecule has 0 radical (unpaired) electrons. The molecule has 2 heterocycles. The first-order valence-corrected chi connectivity index (χ1v) is 8.28. The molecule has 0 unspecified atom stereocenters. The number of aromatic nitrogens is 4. The third-order valence-electron chi connectivity index (χ3n) is 4.04. The van der Waals surface area contributed by atoms with Crippen LogP contribution >= 0.6 is 0 Å². The number of rotatable bonds is 4. The van der Waals surface area contributed by atoms with Crippen molar-refractivity contribution in [2.75, 3.05) is 18.5 Å². The number of anilines is 1. The first kappa shape index (κ1) is 15.4. The summed E-state index contributed by atoms with van der Waals surface area (Å²) in [5.74, 6) is 2.16. The van der Waals surface area contributed by atoms with Gasteiger partial charge in [0.1, 0.15) is 0 Å². The van der Waals surface area contributed by atoms with Crippen molar-refractivity contribution in [2.24, 2.45) is 0 Å². The SMILES string of the molecule is Cc1ccc(-n2nnnc2NCc2cccc3c2OCCCO3)cc1. The van der Waals surface area contributed by atoms with Gasteiger partial charge in [0.15, 0.2) is 11.5 Å².